The highest BCUT2D eigenvalue weighted by Crippen LogP contribution is 2.25. The number of para-hydroxylation sites is 1. The molecule has 4 aromatic rings. The second-order valence-electron chi connectivity index (χ2n) is 9.18. The highest BCUT2D eigenvalue weighted by atomic mass is 32.1. The van der Waals surface area contributed by atoms with Crippen molar-refractivity contribution in [2.24, 2.45) is 5.92 Å². The average molecular weight is 516 g/mol. The van der Waals surface area contributed by atoms with Crippen molar-refractivity contribution in [3.05, 3.63) is 89.1 Å². The van der Waals surface area contributed by atoms with Crippen LogP contribution in [0.1, 0.15) is 47.6 Å². The molecule has 2 aromatic carbocycles. The molecule has 0 aliphatic carbocycles. The quantitative estimate of drug-likeness (QED) is 0.337. The third-order valence-electron chi connectivity index (χ3n) is 6.60. The summed E-state index contributed by atoms with van der Waals surface area (Å²) < 4.78 is 5.42. The molecule has 2 aromatic heterocycles. The van der Waals surface area contributed by atoms with E-state index in [0.717, 1.165) is 36.4 Å². The fourth-order valence-electron chi connectivity index (χ4n) is 4.49. The minimum Gasteiger partial charge on any atom is -0.345 e. The van der Waals surface area contributed by atoms with Gasteiger partial charge in [0.1, 0.15) is 0 Å². The van der Waals surface area contributed by atoms with Crippen LogP contribution in [0.2, 0.25) is 0 Å². The van der Waals surface area contributed by atoms with Crippen molar-refractivity contribution in [1.82, 2.24) is 20.4 Å². The summed E-state index contributed by atoms with van der Waals surface area (Å²) in [5, 5.41) is 12.1. The Morgan fingerprint density at radius 3 is 2.57 bits per heavy atom. The number of benzene rings is 2. The molecule has 1 atom stereocenters. The molecule has 1 fully saturated rings. The summed E-state index contributed by atoms with van der Waals surface area (Å²) in [4.78, 5) is 33.8. The smallest absolute Gasteiger partial charge is 0.253 e. The van der Waals surface area contributed by atoms with Crippen LogP contribution in [0.25, 0.3) is 10.7 Å². The minimum atomic E-state index is -0.219. The van der Waals surface area contributed by atoms with E-state index < -0.39 is 0 Å². The molecule has 5 rings (SSSR count). The molecular weight excluding hydrogens is 486 g/mol. The van der Waals surface area contributed by atoms with Crippen molar-refractivity contribution in [2.45, 2.75) is 32.4 Å². The number of aromatic nitrogens is 2. The molecule has 2 N–H and O–H groups in total. The summed E-state index contributed by atoms with van der Waals surface area (Å²) in [6.45, 7) is 4.02. The van der Waals surface area contributed by atoms with Gasteiger partial charge in [0.15, 0.2) is 0 Å². The van der Waals surface area contributed by atoms with Gasteiger partial charge in [0.05, 0.1) is 28.7 Å². The first-order valence-corrected chi connectivity index (χ1v) is 13.3. The number of carbonyl (C=O) groups excluding carboxylic acids is 2. The lowest BCUT2D eigenvalue weighted by molar-refractivity contribution is -0.121. The van der Waals surface area contributed by atoms with Gasteiger partial charge in [-0.2, -0.15) is 4.98 Å². The summed E-state index contributed by atoms with van der Waals surface area (Å²) in [6.07, 6.45) is 1.44. The molecule has 3 heterocycles. The van der Waals surface area contributed by atoms with E-state index in [-0.39, 0.29) is 23.8 Å². The van der Waals surface area contributed by atoms with Crippen molar-refractivity contribution in [3.63, 3.8) is 0 Å². The summed E-state index contributed by atoms with van der Waals surface area (Å²) in [6, 6.07) is 20.7. The van der Waals surface area contributed by atoms with Gasteiger partial charge in [0.25, 0.3) is 5.91 Å². The predicted molar refractivity (Wildman–Crippen MR) is 143 cm³/mol. The molecule has 9 heteroatoms. The minimum absolute atomic E-state index is 0.0613. The molecular formula is C28H29N5O3S. The molecule has 1 aliphatic rings. The van der Waals surface area contributed by atoms with Crippen molar-refractivity contribution >= 4 is 28.8 Å². The number of carbonyl (C=O) groups is 2. The summed E-state index contributed by atoms with van der Waals surface area (Å²) in [5.41, 5.74) is 2.00. The van der Waals surface area contributed by atoms with Crippen molar-refractivity contribution in [3.8, 4) is 10.7 Å². The van der Waals surface area contributed by atoms with Crippen LogP contribution < -0.4 is 10.6 Å². The molecule has 0 radical (unpaired) electrons. The Balaban J connectivity index is 1.14. The van der Waals surface area contributed by atoms with Gasteiger partial charge in [0.2, 0.25) is 17.6 Å². The number of likely N-dealkylation sites (tertiary alicyclic amines) is 1. The van der Waals surface area contributed by atoms with Crippen LogP contribution in [-0.2, 0) is 11.3 Å². The number of hydrogen-bond acceptors (Lipinski definition) is 7. The first-order chi connectivity index (χ1) is 18.1. The lowest BCUT2D eigenvalue weighted by Gasteiger charge is -2.30. The molecule has 37 heavy (non-hydrogen) atoms. The number of amides is 2. The molecule has 0 spiro atoms. The Morgan fingerprint density at radius 2 is 1.81 bits per heavy atom. The zero-order chi connectivity index (χ0) is 25.6. The van der Waals surface area contributed by atoms with Crippen LogP contribution >= 0.6 is 11.3 Å². The third-order valence-corrected chi connectivity index (χ3v) is 7.47. The Bertz CT molecular complexity index is 1330. The fourth-order valence-corrected chi connectivity index (χ4v) is 5.14. The Hall–Kier alpha value is -3.82. The highest BCUT2D eigenvalue weighted by Gasteiger charge is 2.27. The van der Waals surface area contributed by atoms with Gasteiger partial charge in [-0.3, -0.25) is 14.5 Å². The van der Waals surface area contributed by atoms with E-state index in [9.17, 15) is 9.59 Å². The zero-order valence-electron chi connectivity index (χ0n) is 20.6. The number of rotatable bonds is 8. The molecule has 8 nitrogen and oxygen atoms in total. The van der Waals surface area contributed by atoms with Crippen molar-refractivity contribution in [2.75, 3.05) is 18.4 Å². The topological polar surface area (TPSA) is 100 Å². The van der Waals surface area contributed by atoms with Crippen LogP contribution in [0.4, 0.5) is 5.69 Å². The zero-order valence-corrected chi connectivity index (χ0v) is 21.4. The lowest BCUT2D eigenvalue weighted by atomic mass is 9.95. The fraction of sp³-hybridized carbons (Fsp3) is 0.286. The van der Waals surface area contributed by atoms with Gasteiger partial charge in [-0.25, -0.2) is 0 Å². The van der Waals surface area contributed by atoms with Gasteiger partial charge in [-0.1, -0.05) is 53.7 Å². The SMILES string of the molecule is CC(NC(=O)c1ccccc1NC(=O)C1CCN(Cc2nc(-c3cccs3)no2)CC1)c1ccccc1. The van der Waals surface area contributed by atoms with E-state index in [0.29, 0.717) is 29.5 Å². The summed E-state index contributed by atoms with van der Waals surface area (Å²) >= 11 is 1.58. The standard InChI is InChI=1S/C28H29N5O3S/c1-19(20-8-3-2-4-9-20)29-28(35)22-10-5-6-11-23(22)30-27(34)21-13-15-33(16-14-21)18-25-31-26(32-36-25)24-12-7-17-37-24/h2-12,17,19,21H,13-16,18H2,1H3,(H,29,35)(H,30,34). The molecule has 1 saturated heterocycles. The van der Waals surface area contributed by atoms with E-state index >= 15 is 0 Å². The number of nitrogens with one attached hydrogen (secondary N) is 2. The van der Waals surface area contributed by atoms with Crippen LogP contribution in [-0.4, -0.2) is 39.9 Å². The maximum Gasteiger partial charge on any atom is 0.253 e. The Kier molecular flexibility index (Phi) is 7.72. The van der Waals surface area contributed by atoms with E-state index in [1.165, 1.54) is 0 Å². The number of anilines is 1. The van der Waals surface area contributed by atoms with E-state index in [1.54, 1.807) is 29.5 Å². The van der Waals surface area contributed by atoms with E-state index in [1.807, 2.05) is 60.8 Å². The number of piperidine rings is 1. The van der Waals surface area contributed by atoms with Crippen LogP contribution in [0.5, 0.6) is 0 Å². The normalized spacial score (nSPS) is 15.3. The Morgan fingerprint density at radius 1 is 1.05 bits per heavy atom. The molecule has 190 valence electrons. The van der Waals surface area contributed by atoms with E-state index in [2.05, 4.69) is 25.7 Å². The monoisotopic (exact) mass is 515 g/mol. The molecule has 1 unspecified atom stereocenters. The van der Waals surface area contributed by atoms with Gasteiger partial charge < -0.3 is 15.2 Å². The Labute approximate surface area is 219 Å². The van der Waals surface area contributed by atoms with Crippen LogP contribution in [0.3, 0.4) is 0 Å². The maximum absolute atomic E-state index is 13.1. The van der Waals surface area contributed by atoms with Gasteiger partial charge in [-0.15, -0.1) is 11.3 Å². The highest BCUT2D eigenvalue weighted by molar-refractivity contribution is 7.13. The second kappa shape index (κ2) is 11.5. The van der Waals surface area contributed by atoms with E-state index in [4.69, 9.17) is 4.52 Å². The first-order valence-electron chi connectivity index (χ1n) is 12.4. The van der Waals surface area contributed by atoms with Crippen molar-refractivity contribution in [1.29, 1.82) is 0 Å². The van der Waals surface area contributed by atoms with Gasteiger partial charge >= 0.3 is 0 Å². The number of hydrogen-bond donors (Lipinski definition) is 2. The largest absolute Gasteiger partial charge is 0.345 e. The molecule has 0 saturated carbocycles. The summed E-state index contributed by atoms with van der Waals surface area (Å²) in [7, 11) is 0. The first kappa shape index (κ1) is 24.9. The molecule has 1 aliphatic heterocycles. The number of thiophene rings is 1. The summed E-state index contributed by atoms with van der Waals surface area (Å²) in [5.74, 6) is 0.786. The van der Waals surface area contributed by atoms with Crippen LogP contribution in [0, 0.1) is 5.92 Å². The van der Waals surface area contributed by atoms with Gasteiger partial charge in [0, 0.05) is 5.92 Å². The third kappa shape index (κ3) is 6.12. The molecule has 2 amide bonds. The second-order valence-corrected chi connectivity index (χ2v) is 10.1. The van der Waals surface area contributed by atoms with Gasteiger partial charge in [-0.05, 0) is 62.0 Å². The predicted octanol–water partition coefficient (Wildman–Crippen LogP) is 5.14. The average Bonchev–Trinajstić information content (AvgIpc) is 3.62. The van der Waals surface area contributed by atoms with Crippen LogP contribution in [0.15, 0.2) is 76.6 Å². The maximum atomic E-state index is 13.1. The lowest BCUT2D eigenvalue weighted by Crippen LogP contribution is -2.38. The molecule has 0 bridgehead atoms. The van der Waals surface area contributed by atoms with Crippen molar-refractivity contribution < 1.29 is 14.1 Å². The number of nitrogens with zero attached hydrogens (tertiary/aromatic N) is 3.